The van der Waals surface area contributed by atoms with Crippen molar-refractivity contribution in [2.75, 3.05) is 5.32 Å². The Morgan fingerprint density at radius 3 is 2.48 bits per heavy atom. The number of hydrogen-bond acceptors (Lipinski definition) is 6. The van der Waals surface area contributed by atoms with E-state index in [-0.39, 0.29) is 11.6 Å². The van der Waals surface area contributed by atoms with Gasteiger partial charge < -0.3 is 10.1 Å². The lowest BCUT2D eigenvalue weighted by Gasteiger charge is -2.16. The van der Waals surface area contributed by atoms with Crippen molar-refractivity contribution in [3.63, 3.8) is 0 Å². The third kappa shape index (κ3) is 4.43. The van der Waals surface area contributed by atoms with E-state index in [2.05, 4.69) is 10.3 Å². The van der Waals surface area contributed by atoms with Crippen LogP contribution in [-0.2, 0) is 9.53 Å². The van der Waals surface area contributed by atoms with E-state index in [1.54, 1.807) is 23.6 Å². The summed E-state index contributed by atoms with van der Waals surface area (Å²) in [6, 6.07) is 7.88. The van der Waals surface area contributed by atoms with Gasteiger partial charge in [-0.25, -0.2) is 9.78 Å². The zero-order chi connectivity index (χ0) is 19.6. The van der Waals surface area contributed by atoms with Crippen LogP contribution in [0.15, 0.2) is 35.0 Å². The summed E-state index contributed by atoms with van der Waals surface area (Å²) in [6.07, 6.45) is -0.926. The van der Waals surface area contributed by atoms with E-state index >= 15 is 0 Å². The lowest BCUT2D eigenvalue weighted by Crippen LogP contribution is -2.30. The molecule has 2 heterocycles. The molecule has 0 aliphatic heterocycles. The molecule has 1 N–H and O–H groups in total. The van der Waals surface area contributed by atoms with Crippen LogP contribution in [0.1, 0.15) is 34.1 Å². The molecule has 0 saturated heterocycles. The third-order valence-electron chi connectivity index (χ3n) is 4.02. The summed E-state index contributed by atoms with van der Waals surface area (Å²) in [7, 11) is 0. The highest BCUT2D eigenvalue weighted by atomic mass is 32.1. The van der Waals surface area contributed by atoms with E-state index in [0.29, 0.717) is 0 Å². The van der Waals surface area contributed by atoms with Crippen LogP contribution in [0.25, 0.3) is 9.88 Å². The number of anilines is 1. The highest BCUT2D eigenvalue weighted by molar-refractivity contribution is 7.20. The van der Waals surface area contributed by atoms with Gasteiger partial charge in [-0.1, -0.05) is 23.8 Å². The topological polar surface area (TPSA) is 68.3 Å². The van der Waals surface area contributed by atoms with Crippen LogP contribution in [-0.4, -0.2) is 23.0 Å². The first kappa shape index (κ1) is 19.3. The lowest BCUT2D eigenvalue weighted by molar-refractivity contribution is -0.123. The molecule has 3 rings (SSSR count). The molecule has 0 radical (unpaired) electrons. The first-order valence-electron chi connectivity index (χ1n) is 8.44. The summed E-state index contributed by atoms with van der Waals surface area (Å²) >= 11 is 2.93. The number of carbonyl (C=O) groups is 2. The second-order valence-electron chi connectivity index (χ2n) is 6.33. The second kappa shape index (κ2) is 8.02. The van der Waals surface area contributed by atoms with Crippen molar-refractivity contribution in [1.82, 2.24) is 4.98 Å². The number of esters is 1. The second-order valence-corrected chi connectivity index (χ2v) is 8.13. The normalized spacial score (nSPS) is 11.9. The van der Waals surface area contributed by atoms with E-state index < -0.39 is 12.1 Å². The Labute approximate surface area is 166 Å². The predicted octanol–water partition coefficient (Wildman–Crippen LogP) is 4.98. The van der Waals surface area contributed by atoms with Crippen molar-refractivity contribution in [1.29, 1.82) is 0 Å². The van der Waals surface area contributed by atoms with E-state index in [1.165, 1.54) is 11.3 Å². The van der Waals surface area contributed by atoms with Crippen molar-refractivity contribution in [3.8, 4) is 9.88 Å². The van der Waals surface area contributed by atoms with Gasteiger partial charge in [-0.2, -0.15) is 0 Å². The molecule has 1 aromatic carbocycles. The molecule has 2 aromatic heterocycles. The zero-order valence-electron chi connectivity index (χ0n) is 15.5. The number of thiazole rings is 1. The SMILES string of the molecule is Cc1cc(C)c(NC(=O)[C@@H](C)OC(=O)c2csc(-c3cccs3)n2)c(C)c1. The lowest BCUT2D eigenvalue weighted by atomic mass is 10.0. The predicted molar refractivity (Wildman–Crippen MR) is 110 cm³/mol. The smallest absolute Gasteiger partial charge is 0.358 e. The minimum absolute atomic E-state index is 0.214. The van der Waals surface area contributed by atoms with Crippen LogP contribution in [0.5, 0.6) is 0 Å². The quantitative estimate of drug-likeness (QED) is 0.613. The monoisotopic (exact) mass is 400 g/mol. The molecule has 27 heavy (non-hydrogen) atoms. The Bertz CT molecular complexity index is 954. The number of hydrogen-bond donors (Lipinski definition) is 1. The van der Waals surface area contributed by atoms with Crippen molar-refractivity contribution >= 4 is 40.2 Å². The van der Waals surface area contributed by atoms with Crippen LogP contribution in [0, 0.1) is 20.8 Å². The summed E-state index contributed by atoms with van der Waals surface area (Å²) in [5.41, 5.74) is 4.04. The van der Waals surface area contributed by atoms with Gasteiger partial charge in [0.25, 0.3) is 5.91 Å². The molecule has 1 amide bonds. The van der Waals surface area contributed by atoms with Gasteiger partial charge in [0.1, 0.15) is 5.01 Å². The summed E-state index contributed by atoms with van der Waals surface area (Å²) < 4.78 is 5.30. The molecule has 3 aromatic rings. The van der Waals surface area contributed by atoms with Crippen molar-refractivity contribution < 1.29 is 14.3 Å². The van der Waals surface area contributed by atoms with E-state index in [1.807, 2.05) is 50.4 Å². The number of carbonyl (C=O) groups excluding carboxylic acids is 2. The number of aryl methyl sites for hydroxylation is 3. The Morgan fingerprint density at radius 2 is 1.85 bits per heavy atom. The molecule has 0 unspecified atom stereocenters. The molecule has 0 saturated carbocycles. The van der Waals surface area contributed by atoms with Gasteiger partial charge in [0, 0.05) is 11.1 Å². The number of nitrogens with zero attached hydrogens (tertiary/aromatic N) is 1. The van der Waals surface area contributed by atoms with E-state index in [4.69, 9.17) is 4.74 Å². The maximum Gasteiger partial charge on any atom is 0.358 e. The van der Waals surface area contributed by atoms with Gasteiger partial charge in [0.15, 0.2) is 11.8 Å². The largest absolute Gasteiger partial charge is 0.448 e. The molecule has 0 fully saturated rings. The average molecular weight is 401 g/mol. The Kier molecular flexibility index (Phi) is 5.72. The fraction of sp³-hybridized carbons (Fsp3) is 0.250. The molecule has 0 aliphatic carbocycles. The maximum absolute atomic E-state index is 12.5. The summed E-state index contributed by atoms with van der Waals surface area (Å²) in [5, 5.41) is 7.23. The maximum atomic E-state index is 12.5. The first-order chi connectivity index (χ1) is 12.8. The highest BCUT2D eigenvalue weighted by Gasteiger charge is 2.22. The summed E-state index contributed by atoms with van der Waals surface area (Å²) in [6.45, 7) is 7.44. The Hall–Kier alpha value is -2.51. The van der Waals surface area contributed by atoms with Gasteiger partial charge in [-0.3, -0.25) is 4.79 Å². The highest BCUT2D eigenvalue weighted by Crippen LogP contribution is 2.28. The van der Waals surface area contributed by atoms with Gasteiger partial charge in [-0.15, -0.1) is 22.7 Å². The number of aromatic nitrogens is 1. The molecular weight excluding hydrogens is 380 g/mol. The van der Waals surface area contributed by atoms with Gasteiger partial charge >= 0.3 is 5.97 Å². The summed E-state index contributed by atoms with van der Waals surface area (Å²) in [5.74, 6) is -0.971. The van der Waals surface area contributed by atoms with Gasteiger partial charge in [0.2, 0.25) is 0 Å². The number of benzene rings is 1. The molecule has 140 valence electrons. The van der Waals surface area contributed by atoms with Crippen LogP contribution < -0.4 is 5.32 Å². The van der Waals surface area contributed by atoms with Crippen LogP contribution >= 0.6 is 22.7 Å². The fourth-order valence-corrected chi connectivity index (χ4v) is 4.36. The number of rotatable bonds is 5. The number of nitrogens with one attached hydrogen (secondary N) is 1. The molecule has 5 nitrogen and oxygen atoms in total. The molecule has 1 atom stereocenters. The molecular formula is C20H20N2O3S2. The van der Waals surface area contributed by atoms with Crippen molar-refractivity contribution in [2.45, 2.75) is 33.8 Å². The van der Waals surface area contributed by atoms with Crippen LogP contribution in [0.4, 0.5) is 5.69 Å². The van der Waals surface area contributed by atoms with E-state index in [0.717, 1.165) is 32.3 Å². The van der Waals surface area contributed by atoms with Crippen LogP contribution in [0.2, 0.25) is 0 Å². The van der Waals surface area contributed by atoms with Gasteiger partial charge in [0.05, 0.1) is 4.88 Å². The van der Waals surface area contributed by atoms with Crippen LogP contribution in [0.3, 0.4) is 0 Å². The standard InChI is InChI=1S/C20H20N2O3S2/c1-11-8-12(2)17(13(3)9-11)22-18(23)14(4)25-20(24)15-10-27-19(21-15)16-6-5-7-26-16/h5-10,14H,1-4H3,(H,22,23)/t14-/m1/s1. The fourth-order valence-electron chi connectivity index (χ4n) is 2.76. The van der Waals surface area contributed by atoms with E-state index in [9.17, 15) is 9.59 Å². The molecule has 0 bridgehead atoms. The Balaban J connectivity index is 1.65. The molecule has 0 aliphatic rings. The number of ether oxygens (including phenoxy) is 1. The van der Waals surface area contributed by atoms with Gasteiger partial charge in [-0.05, 0) is 50.3 Å². The minimum atomic E-state index is -0.926. The minimum Gasteiger partial charge on any atom is -0.448 e. The third-order valence-corrected chi connectivity index (χ3v) is 5.90. The zero-order valence-corrected chi connectivity index (χ0v) is 17.2. The molecule has 7 heteroatoms. The van der Waals surface area contributed by atoms with Crippen molar-refractivity contribution in [3.05, 3.63) is 57.4 Å². The summed E-state index contributed by atoms with van der Waals surface area (Å²) in [4.78, 5) is 30.1. The molecule has 0 spiro atoms. The van der Waals surface area contributed by atoms with Crippen molar-refractivity contribution in [2.24, 2.45) is 0 Å². The first-order valence-corrected chi connectivity index (χ1v) is 10.2. The Morgan fingerprint density at radius 1 is 1.15 bits per heavy atom. The average Bonchev–Trinajstić information content (AvgIpc) is 3.28. The number of thiophene rings is 1. The number of amides is 1.